The minimum Gasteiger partial charge on any atom is -0.493 e. The maximum absolute atomic E-state index is 16.5. The van der Waals surface area contributed by atoms with Crippen LogP contribution in [0.4, 0.5) is 4.39 Å². The third-order valence-corrected chi connectivity index (χ3v) is 8.94. The normalized spacial score (nSPS) is 28.3. The van der Waals surface area contributed by atoms with Crippen molar-refractivity contribution in [3.05, 3.63) is 59.3 Å². The molecular weight excluding hydrogens is 433 g/mol. The summed E-state index contributed by atoms with van der Waals surface area (Å²) in [5.74, 6) is -1.04. The van der Waals surface area contributed by atoms with Gasteiger partial charge in [0.15, 0.2) is 11.6 Å². The lowest BCUT2D eigenvalue weighted by Crippen LogP contribution is -2.43. The number of H-pyrrole nitrogens is 2. The van der Waals surface area contributed by atoms with Gasteiger partial charge in [-0.2, -0.15) is 0 Å². The molecule has 0 aliphatic heterocycles. The van der Waals surface area contributed by atoms with Crippen LogP contribution in [0.5, 0.6) is 0 Å². The Balaban J connectivity index is 1.76. The number of ether oxygens (including phenoxy) is 1. The van der Waals surface area contributed by atoms with Gasteiger partial charge in [0.2, 0.25) is 0 Å². The Kier molecular flexibility index (Phi) is 5.18. The van der Waals surface area contributed by atoms with Gasteiger partial charge in [0.1, 0.15) is 5.56 Å². The minimum absolute atomic E-state index is 0.0385. The van der Waals surface area contributed by atoms with Crippen LogP contribution >= 0.6 is 11.3 Å². The molecule has 0 amide bonds. The quantitative estimate of drug-likeness (QED) is 0.545. The first kappa shape index (κ1) is 21.6. The molecular formula is C23H28FN3O4S. The predicted molar refractivity (Wildman–Crippen MR) is 121 cm³/mol. The van der Waals surface area contributed by atoms with Crippen LogP contribution in [0.1, 0.15) is 71.0 Å². The Morgan fingerprint density at radius 3 is 2.75 bits per heavy atom. The Bertz CT molecular complexity index is 1210. The lowest BCUT2D eigenvalue weighted by molar-refractivity contribution is 0.142. The number of rotatable bonds is 5. The molecule has 1 fully saturated rings. The van der Waals surface area contributed by atoms with Crippen LogP contribution < -0.4 is 17.0 Å². The van der Waals surface area contributed by atoms with E-state index < -0.39 is 34.5 Å². The topological polar surface area (TPSA) is 121 Å². The molecule has 0 radical (unpaired) electrons. The van der Waals surface area contributed by atoms with Crippen LogP contribution in [0.25, 0.3) is 5.76 Å². The van der Waals surface area contributed by atoms with E-state index in [0.29, 0.717) is 5.69 Å². The molecule has 2 aromatic heterocycles. The van der Waals surface area contributed by atoms with Gasteiger partial charge in [-0.15, -0.1) is 11.3 Å². The molecule has 2 heterocycles. The van der Waals surface area contributed by atoms with Crippen LogP contribution in [-0.2, 0) is 16.6 Å². The first-order valence-corrected chi connectivity index (χ1v) is 12.0. The standard InChI is InChI=1S/C23H28FN3O4S/c1-10-18-17(21(29)27-22(30)26-18)19(31-2)20(24)23(10,11-6-7-11)16-8-13-12(14(28)9-25)4-3-5-15(13)32-16/h8,10-12,14,28H,3-7,9,25H2,1-2H3,(H2,26,27,29,30). The molecule has 3 aliphatic rings. The summed E-state index contributed by atoms with van der Waals surface area (Å²) in [6.45, 7) is 2.06. The van der Waals surface area contributed by atoms with Crippen molar-refractivity contribution in [3.8, 4) is 0 Å². The monoisotopic (exact) mass is 461 g/mol. The highest BCUT2D eigenvalue weighted by Crippen LogP contribution is 2.64. The summed E-state index contributed by atoms with van der Waals surface area (Å²) in [7, 11) is 1.35. The van der Waals surface area contributed by atoms with Gasteiger partial charge >= 0.3 is 5.69 Å². The van der Waals surface area contributed by atoms with Crippen LogP contribution in [-0.4, -0.2) is 34.8 Å². The second-order valence-electron chi connectivity index (χ2n) is 9.20. The third-order valence-electron chi connectivity index (χ3n) is 7.58. The fraction of sp³-hybridized carbons (Fsp3) is 0.565. The van der Waals surface area contributed by atoms with E-state index in [4.69, 9.17) is 10.5 Å². The molecule has 7 nitrogen and oxygen atoms in total. The van der Waals surface area contributed by atoms with E-state index in [2.05, 4.69) is 9.97 Å². The molecule has 4 unspecified atom stereocenters. The molecule has 0 saturated heterocycles. The van der Waals surface area contributed by atoms with Gasteiger partial charge in [0, 0.05) is 33.8 Å². The van der Waals surface area contributed by atoms with Crippen molar-refractivity contribution < 1.29 is 14.2 Å². The maximum atomic E-state index is 16.5. The Morgan fingerprint density at radius 1 is 1.34 bits per heavy atom. The van der Waals surface area contributed by atoms with Crippen molar-refractivity contribution in [3.63, 3.8) is 0 Å². The van der Waals surface area contributed by atoms with Gasteiger partial charge in [0.05, 0.1) is 18.6 Å². The molecule has 172 valence electrons. The van der Waals surface area contributed by atoms with E-state index in [1.165, 1.54) is 7.11 Å². The number of hydrogen-bond acceptors (Lipinski definition) is 6. The van der Waals surface area contributed by atoms with E-state index in [1.807, 2.05) is 13.0 Å². The zero-order valence-electron chi connectivity index (χ0n) is 18.2. The van der Waals surface area contributed by atoms with Crippen molar-refractivity contribution >= 4 is 17.1 Å². The summed E-state index contributed by atoms with van der Waals surface area (Å²) in [4.78, 5) is 31.7. The maximum Gasteiger partial charge on any atom is 0.325 e. The Labute approximate surface area is 188 Å². The molecule has 0 spiro atoms. The van der Waals surface area contributed by atoms with Crippen molar-refractivity contribution in [2.45, 2.75) is 62.4 Å². The number of aliphatic hydroxyl groups excluding tert-OH is 1. The number of thiophene rings is 1. The van der Waals surface area contributed by atoms with Gasteiger partial charge in [-0.05, 0) is 49.7 Å². The van der Waals surface area contributed by atoms with Crippen LogP contribution in [0.2, 0.25) is 0 Å². The van der Waals surface area contributed by atoms with E-state index in [0.717, 1.165) is 47.4 Å². The van der Waals surface area contributed by atoms with Crippen LogP contribution in [0.3, 0.4) is 0 Å². The van der Waals surface area contributed by atoms with Crippen molar-refractivity contribution in [2.75, 3.05) is 13.7 Å². The first-order valence-electron chi connectivity index (χ1n) is 11.2. The lowest BCUT2D eigenvalue weighted by atomic mass is 9.64. The number of hydrogen-bond donors (Lipinski definition) is 4. The zero-order chi connectivity index (χ0) is 22.8. The molecule has 0 bridgehead atoms. The molecule has 5 rings (SSSR count). The molecule has 9 heteroatoms. The highest BCUT2D eigenvalue weighted by molar-refractivity contribution is 7.12. The molecule has 4 atom stereocenters. The smallest absolute Gasteiger partial charge is 0.325 e. The third kappa shape index (κ3) is 2.90. The van der Waals surface area contributed by atoms with E-state index in [9.17, 15) is 14.7 Å². The van der Waals surface area contributed by atoms with Crippen molar-refractivity contribution in [2.24, 2.45) is 11.7 Å². The highest BCUT2D eigenvalue weighted by Gasteiger charge is 2.59. The average molecular weight is 462 g/mol. The minimum atomic E-state index is -1.02. The number of aliphatic hydroxyl groups is 1. The number of aromatic nitrogens is 2. The summed E-state index contributed by atoms with van der Waals surface area (Å²) in [6.07, 6.45) is 3.76. The number of methoxy groups -OCH3 is 1. The van der Waals surface area contributed by atoms with Gasteiger partial charge < -0.3 is 20.6 Å². The second kappa shape index (κ2) is 7.67. The molecule has 1 saturated carbocycles. The summed E-state index contributed by atoms with van der Waals surface area (Å²) in [5, 5.41) is 10.5. The molecule has 32 heavy (non-hydrogen) atoms. The Morgan fingerprint density at radius 2 is 2.09 bits per heavy atom. The van der Waals surface area contributed by atoms with Gasteiger partial charge in [-0.25, -0.2) is 9.18 Å². The highest BCUT2D eigenvalue weighted by atomic mass is 32.1. The number of halogens is 1. The number of aryl methyl sites for hydroxylation is 1. The van der Waals surface area contributed by atoms with Crippen LogP contribution in [0.15, 0.2) is 21.5 Å². The number of nitrogens with one attached hydrogen (secondary N) is 2. The molecule has 5 N–H and O–H groups in total. The van der Waals surface area contributed by atoms with Gasteiger partial charge in [0.25, 0.3) is 5.56 Å². The average Bonchev–Trinajstić information content (AvgIpc) is 3.52. The SMILES string of the molecule is COC1=C(F)C(c2cc3c(s2)CCCC3C(O)CN)(C2CC2)C(C)c2[nH]c(=O)[nH]c(=O)c21. The van der Waals surface area contributed by atoms with E-state index in [-0.39, 0.29) is 29.7 Å². The summed E-state index contributed by atoms with van der Waals surface area (Å²) < 4.78 is 21.9. The van der Waals surface area contributed by atoms with E-state index in [1.54, 1.807) is 11.3 Å². The summed E-state index contributed by atoms with van der Waals surface area (Å²) in [5.41, 5.74) is 5.01. The van der Waals surface area contributed by atoms with Crippen molar-refractivity contribution in [1.29, 1.82) is 0 Å². The molecule has 3 aliphatic carbocycles. The fourth-order valence-electron chi connectivity index (χ4n) is 5.91. The molecule has 0 aromatic carbocycles. The van der Waals surface area contributed by atoms with Gasteiger partial charge in [-0.3, -0.25) is 9.78 Å². The van der Waals surface area contributed by atoms with Gasteiger partial charge in [-0.1, -0.05) is 6.92 Å². The predicted octanol–water partition coefficient (Wildman–Crippen LogP) is 2.61. The summed E-state index contributed by atoms with van der Waals surface area (Å²) >= 11 is 1.58. The first-order chi connectivity index (χ1) is 15.3. The van der Waals surface area contributed by atoms with E-state index >= 15 is 4.39 Å². The summed E-state index contributed by atoms with van der Waals surface area (Å²) in [6, 6.07) is 2.04. The number of nitrogens with two attached hydrogens (primary N) is 1. The lowest BCUT2D eigenvalue weighted by Gasteiger charge is -2.42. The number of aromatic amines is 2. The largest absolute Gasteiger partial charge is 0.493 e. The molecule has 2 aromatic rings. The van der Waals surface area contributed by atoms with Crippen LogP contribution in [0, 0.1) is 5.92 Å². The number of allylic oxidation sites excluding steroid dienone is 1. The van der Waals surface area contributed by atoms with Crippen molar-refractivity contribution in [1.82, 2.24) is 9.97 Å². The second-order valence-corrected chi connectivity index (χ2v) is 10.3. The zero-order valence-corrected chi connectivity index (χ0v) is 19.0. The number of fused-ring (bicyclic) bond motifs is 2. The fourth-order valence-corrected chi connectivity index (χ4v) is 7.54. The Hall–Kier alpha value is -2.23.